The van der Waals surface area contributed by atoms with Crippen LogP contribution in [0.15, 0.2) is 6.20 Å². The van der Waals surface area contributed by atoms with Crippen LogP contribution in [-0.2, 0) is 17.4 Å². The summed E-state index contributed by atoms with van der Waals surface area (Å²) in [6.45, 7) is 5.45. The number of aliphatic hydroxyl groups is 1. The molecule has 0 amide bonds. The number of hydrogen-bond acceptors (Lipinski definition) is 5. The van der Waals surface area contributed by atoms with Crippen LogP contribution in [0.4, 0.5) is 5.69 Å². The van der Waals surface area contributed by atoms with Crippen molar-refractivity contribution in [1.29, 1.82) is 0 Å². The number of rotatable bonds is 3. The van der Waals surface area contributed by atoms with Crippen molar-refractivity contribution in [3.05, 3.63) is 17.7 Å². The zero-order chi connectivity index (χ0) is 13.1. The van der Waals surface area contributed by atoms with Crippen molar-refractivity contribution in [1.82, 2.24) is 9.97 Å². The molecule has 5 nitrogen and oxygen atoms in total. The van der Waals surface area contributed by atoms with Gasteiger partial charge in [-0.2, -0.15) is 0 Å². The van der Waals surface area contributed by atoms with Gasteiger partial charge in [0.05, 0.1) is 24.2 Å². The summed E-state index contributed by atoms with van der Waals surface area (Å²) in [5.41, 5.74) is 1.54. The van der Waals surface area contributed by atoms with Gasteiger partial charge >= 0.3 is 0 Å². The minimum atomic E-state index is -0.700. The van der Waals surface area contributed by atoms with Gasteiger partial charge in [-0.05, 0) is 0 Å². The normalized spacial score (nSPS) is 17.4. The number of aliphatic hydroxyl groups excluding tert-OH is 1. The highest BCUT2D eigenvalue weighted by Gasteiger charge is 2.19. The smallest absolute Gasteiger partial charge is 0.131 e. The molecule has 1 aliphatic heterocycles. The standard InChI is InChI=1S/C12H19N3O2S/c1-9(2)12-13-7-11(10(8-16)14-12)15-3-5-18(17)6-4-15/h7,9,16H,3-6,8H2,1-2H3. The van der Waals surface area contributed by atoms with Crippen LogP contribution in [0.1, 0.15) is 31.3 Å². The molecule has 0 spiro atoms. The third kappa shape index (κ3) is 2.87. The fourth-order valence-electron chi connectivity index (χ4n) is 1.96. The van der Waals surface area contributed by atoms with E-state index in [1.165, 1.54) is 0 Å². The lowest BCUT2D eigenvalue weighted by Gasteiger charge is -2.29. The topological polar surface area (TPSA) is 66.3 Å². The third-order valence-electron chi connectivity index (χ3n) is 3.05. The van der Waals surface area contributed by atoms with E-state index >= 15 is 0 Å². The number of anilines is 1. The Morgan fingerprint density at radius 2 is 2.11 bits per heavy atom. The first-order valence-electron chi connectivity index (χ1n) is 6.18. The maximum Gasteiger partial charge on any atom is 0.131 e. The van der Waals surface area contributed by atoms with E-state index in [1.54, 1.807) is 6.20 Å². The summed E-state index contributed by atoms with van der Waals surface area (Å²) in [4.78, 5) is 10.9. The summed E-state index contributed by atoms with van der Waals surface area (Å²) >= 11 is 0. The summed E-state index contributed by atoms with van der Waals surface area (Å²) in [5.74, 6) is 2.36. The second-order valence-electron chi connectivity index (χ2n) is 4.71. The van der Waals surface area contributed by atoms with Gasteiger partial charge in [0.1, 0.15) is 5.82 Å². The molecular formula is C12H19N3O2S. The van der Waals surface area contributed by atoms with Gasteiger partial charge in [0.15, 0.2) is 0 Å². The molecule has 0 radical (unpaired) electrons. The zero-order valence-electron chi connectivity index (χ0n) is 10.8. The number of aromatic nitrogens is 2. The van der Waals surface area contributed by atoms with Crippen molar-refractivity contribution >= 4 is 16.5 Å². The van der Waals surface area contributed by atoms with Crippen LogP contribution in [0.2, 0.25) is 0 Å². The Morgan fingerprint density at radius 3 is 2.67 bits per heavy atom. The predicted octanol–water partition coefficient (Wildman–Crippen LogP) is 0.661. The van der Waals surface area contributed by atoms with Gasteiger partial charge in [-0.3, -0.25) is 4.21 Å². The van der Waals surface area contributed by atoms with Crippen molar-refractivity contribution in [3.8, 4) is 0 Å². The molecule has 0 atom stereocenters. The third-order valence-corrected chi connectivity index (χ3v) is 4.32. The van der Waals surface area contributed by atoms with Gasteiger partial charge in [0.25, 0.3) is 0 Å². The van der Waals surface area contributed by atoms with Crippen molar-refractivity contribution in [3.63, 3.8) is 0 Å². The van der Waals surface area contributed by atoms with E-state index in [0.29, 0.717) is 17.2 Å². The molecule has 1 fully saturated rings. The maximum atomic E-state index is 11.3. The molecule has 1 aromatic rings. The fourth-order valence-corrected chi connectivity index (χ4v) is 3.02. The van der Waals surface area contributed by atoms with E-state index in [0.717, 1.165) is 24.6 Å². The highest BCUT2D eigenvalue weighted by molar-refractivity contribution is 7.85. The van der Waals surface area contributed by atoms with Gasteiger partial charge in [-0.15, -0.1) is 0 Å². The largest absolute Gasteiger partial charge is 0.390 e. The van der Waals surface area contributed by atoms with Crippen molar-refractivity contribution in [2.75, 3.05) is 29.5 Å². The Balaban J connectivity index is 2.24. The lowest BCUT2D eigenvalue weighted by atomic mass is 10.2. The minimum Gasteiger partial charge on any atom is -0.390 e. The highest BCUT2D eigenvalue weighted by atomic mass is 32.2. The SMILES string of the molecule is CC(C)c1ncc(N2CCS(=O)CC2)c(CO)n1. The molecule has 1 aromatic heterocycles. The van der Waals surface area contributed by atoms with Crippen LogP contribution >= 0.6 is 0 Å². The van der Waals surface area contributed by atoms with Crippen LogP contribution in [-0.4, -0.2) is 43.9 Å². The van der Waals surface area contributed by atoms with Crippen LogP contribution in [0.5, 0.6) is 0 Å². The van der Waals surface area contributed by atoms with Gasteiger partial charge in [0.2, 0.25) is 0 Å². The molecule has 6 heteroatoms. The first-order valence-corrected chi connectivity index (χ1v) is 7.67. The Hall–Kier alpha value is -1.01. The van der Waals surface area contributed by atoms with E-state index in [9.17, 15) is 9.32 Å². The number of hydrogen-bond donors (Lipinski definition) is 1. The monoisotopic (exact) mass is 269 g/mol. The zero-order valence-corrected chi connectivity index (χ0v) is 11.6. The Labute approximate surface area is 110 Å². The summed E-state index contributed by atoms with van der Waals surface area (Å²) in [5, 5.41) is 9.43. The van der Waals surface area contributed by atoms with Crippen LogP contribution in [0.25, 0.3) is 0 Å². The molecule has 0 unspecified atom stereocenters. The van der Waals surface area contributed by atoms with Gasteiger partial charge in [-0.1, -0.05) is 13.8 Å². The molecule has 0 saturated carbocycles. The quantitative estimate of drug-likeness (QED) is 0.873. The molecule has 2 heterocycles. The molecular weight excluding hydrogens is 250 g/mol. The van der Waals surface area contributed by atoms with Crippen molar-refractivity contribution in [2.24, 2.45) is 0 Å². The Morgan fingerprint density at radius 1 is 1.44 bits per heavy atom. The van der Waals surface area contributed by atoms with E-state index in [2.05, 4.69) is 14.9 Å². The maximum absolute atomic E-state index is 11.3. The van der Waals surface area contributed by atoms with E-state index in [4.69, 9.17) is 0 Å². The summed E-state index contributed by atoms with van der Waals surface area (Å²) in [6.07, 6.45) is 1.78. The minimum absolute atomic E-state index is 0.0861. The molecule has 0 aromatic carbocycles. The summed E-state index contributed by atoms with van der Waals surface area (Å²) in [7, 11) is -0.700. The van der Waals surface area contributed by atoms with E-state index < -0.39 is 10.8 Å². The molecule has 1 N–H and O–H groups in total. The van der Waals surface area contributed by atoms with Crippen LogP contribution in [0, 0.1) is 0 Å². The highest BCUT2D eigenvalue weighted by Crippen LogP contribution is 2.21. The molecule has 2 rings (SSSR count). The Kier molecular flexibility index (Phi) is 4.29. The summed E-state index contributed by atoms with van der Waals surface area (Å²) in [6, 6.07) is 0. The van der Waals surface area contributed by atoms with Gasteiger partial charge in [0, 0.05) is 41.3 Å². The van der Waals surface area contributed by atoms with E-state index in [1.807, 2.05) is 13.8 Å². The molecule has 1 aliphatic rings. The second kappa shape index (κ2) is 5.75. The fraction of sp³-hybridized carbons (Fsp3) is 0.667. The molecule has 1 saturated heterocycles. The first-order chi connectivity index (χ1) is 8.61. The Bertz CT molecular complexity index is 441. The molecule has 18 heavy (non-hydrogen) atoms. The second-order valence-corrected chi connectivity index (χ2v) is 6.40. The van der Waals surface area contributed by atoms with Gasteiger partial charge < -0.3 is 10.0 Å². The van der Waals surface area contributed by atoms with Crippen molar-refractivity contribution in [2.45, 2.75) is 26.4 Å². The molecule has 0 aliphatic carbocycles. The summed E-state index contributed by atoms with van der Waals surface area (Å²) < 4.78 is 11.3. The van der Waals surface area contributed by atoms with E-state index in [-0.39, 0.29) is 12.5 Å². The predicted molar refractivity (Wildman–Crippen MR) is 72.1 cm³/mol. The lowest BCUT2D eigenvalue weighted by Crippen LogP contribution is -2.38. The molecule has 100 valence electrons. The van der Waals surface area contributed by atoms with Crippen LogP contribution in [0.3, 0.4) is 0 Å². The average Bonchev–Trinajstić information content (AvgIpc) is 2.39. The lowest BCUT2D eigenvalue weighted by molar-refractivity contribution is 0.276. The van der Waals surface area contributed by atoms with Crippen LogP contribution < -0.4 is 4.90 Å². The first kappa shape index (κ1) is 13.4. The number of nitrogens with zero attached hydrogens (tertiary/aromatic N) is 3. The molecule has 0 bridgehead atoms. The van der Waals surface area contributed by atoms with Crippen molar-refractivity contribution < 1.29 is 9.32 Å². The average molecular weight is 269 g/mol. The van der Waals surface area contributed by atoms with Gasteiger partial charge in [-0.25, -0.2) is 9.97 Å².